The highest BCUT2D eigenvalue weighted by Gasteiger charge is 2.07. The van der Waals surface area contributed by atoms with Crippen LogP contribution in [-0.2, 0) is 6.54 Å². The molecular weight excluding hydrogens is 256 g/mol. The van der Waals surface area contributed by atoms with E-state index in [1.54, 1.807) is 20.0 Å². The summed E-state index contributed by atoms with van der Waals surface area (Å²) >= 11 is 0. The minimum Gasteiger partial charge on any atom is -0.370 e. The predicted molar refractivity (Wildman–Crippen MR) is 78.3 cm³/mol. The first-order valence-electron chi connectivity index (χ1n) is 6.52. The number of nitrogens with one attached hydrogen (secondary N) is 2. The van der Waals surface area contributed by atoms with Gasteiger partial charge in [-0.2, -0.15) is 0 Å². The number of rotatable bonds is 4. The molecule has 0 aliphatic heterocycles. The molecule has 106 valence electrons. The molecule has 6 nitrogen and oxygen atoms in total. The fourth-order valence-electron chi connectivity index (χ4n) is 1.93. The lowest BCUT2D eigenvalue weighted by molar-refractivity contribution is 0.618. The molecule has 0 spiro atoms. The first-order valence-corrected chi connectivity index (χ1v) is 6.52. The molecule has 0 aliphatic carbocycles. The standard InChI is InChI=1S/C14H18N4O2/c1-4-15-12-7-11(5-6-16-12)8-18-14(20)10(3)9(2)13(19)17-18/h5-7H,4,8H2,1-3H3,(H,15,16)(H,17,19). The molecule has 2 aromatic rings. The minimum absolute atomic E-state index is 0.177. The molecule has 6 heteroatoms. The van der Waals surface area contributed by atoms with Gasteiger partial charge in [-0.1, -0.05) is 0 Å². The van der Waals surface area contributed by atoms with E-state index in [0.717, 1.165) is 17.9 Å². The summed E-state index contributed by atoms with van der Waals surface area (Å²) in [6.45, 7) is 6.39. The molecule has 0 saturated heterocycles. The van der Waals surface area contributed by atoms with Crippen LogP contribution in [-0.4, -0.2) is 21.3 Å². The summed E-state index contributed by atoms with van der Waals surface area (Å²) in [4.78, 5) is 28.0. The van der Waals surface area contributed by atoms with Crippen LogP contribution in [0.4, 0.5) is 5.82 Å². The zero-order chi connectivity index (χ0) is 14.7. The third kappa shape index (κ3) is 2.79. The number of hydrogen-bond acceptors (Lipinski definition) is 4. The lowest BCUT2D eigenvalue weighted by atomic mass is 10.2. The van der Waals surface area contributed by atoms with Crippen LogP contribution in [0.3, 0.4) is 0 Å². The molecule has 2 heterocycles. The molecule has 0 aliphatic rings. The van der Waals surface area contributed by atoms with Gasteiger partial charge < -0.3 is 5.32 Å². The van der Waals surface area contributed by atoms with E-state index < -0.39 is 0 Å². The summed E-state index contributed by atoms with van der Waals surface area (Å²) in [6.07, 6.45) is 1.68. The number of H-pyrrole nitrogens is 1. The lowest BCUT2D eigenvalue weighted by Crippen LogP contribution is -2.33. The van der Waals surface area contributed by atoms with Crippen molar-refractivity contribution in [2.24, 2.45) is 0 Å². The lowest BCUT2D eigenvalue weighted by Gasteiger charge is -2.09. The van der Waals surface area contributed by atoms with Gasteiger partial charge in [0, 0.05) is 23.9 Å². The molecule has 0 atom stereocenters. The smallest absolute Gasteiger partial charge is 0.268 e. The Bertz CT molecular complexity index is 731. The van der Waals surface area contributed by atoms with Crippen LogP contribution in [0.2, 0.25) is 0 Å². The maximum Gasteiger partial charge on any atom is 0.268 e. The number of hydrogen-bond donors (Lipinski definition) is 2. The Hall–Kier alpha value is -2.37. The van der Waals surface area contributed by atoms with E-state index in [-0.39, 0.29) is 11.1 Å². The zero-order valence-corrected chi connectivity index (χ0v) is 11.9. The first-order chi connectivity index (χ1) is 9.52. The Balaban J connectivity index is 2.38. The normalized spacial score (nSPS) is 10.6. The van der Waals surface area contributed by atoms with E-state index in [0.29, 0.717) is 17.7 Å². The van der Waals surface area contributed by atoms with Gasteiger partial charge in [0.05, 0.1) is 6.54 Å². The van der Waals surface area contributed by atoms with Crippen molar-refractivity contribution in [2.75, 3.05) is 11.9 Å². The van der Waals surface area contributed by atoms with Crippen LogP contribution in [0.5, 0.6) is 0 Å². The molecular formula is C14H18N4O2. The first kappa shape index (κ1) is 14.0. The molecule has 0 saturated carbocycles. The monoisotopic (exact) mass is 274 g/mol. The summed E-state index contributed by atoms with van der Waals surface area (Å²) < 4.78 is 1.33. The molecule has 2 N–H and O–H groups in total. The number of nitrogens with zero attached hydrogens (tertiary/aromatic N) is 2. The van der Waals surface area contributed by atoms with E-state index in [4.69, 9.17) is 0 Å². The molecule has 2 aromatic heterocycles. The SMILES string of the molecule is CCNc1cc(Cn2[nH]c(=O)c(C)c(C)c2=O)ccn1. The topological polar surface area (TPSA) is 79.8 Å². The van der Waals surface area contributed by atoms with Crippen molar-refractivity contribution in [1.82, 2.24) is 14.8 Å². The molecule has 0 amide bonds. The summed E-state index contributed by atoms with van der Waals surface area (Å²) in [6, 6.07) is 3.68. The van der Waals surface area contributed by atoms with Gasteiger partial charge in [-0.25, -0.2) is 9.67 Å². The fraction of sp³-hybridized carbons (Fsp3) is 0.357. The molecule has 2 rings (SSSR count). The Kier molecular flexibility index (Phi) is 4.02. The average molecular weight is 274 g/mol. The molecule has 0 fully saturated rings. The summed E-state index contributed by atoms with van der Waals surface area (Å²) in [5, 5.41) is 5.70. The number of pyridine rings is 1. The molecule has 0 aromatic carbocycles. The minimum atomic E-state index is -0.233. The van der Waals surface area contributed by atoms with Gasteiger partial charge in [-0.15, -0.1) is 0 Å². The van der Waals surface area contributed by atoms with Crippen LogP contribution in [0.1, 0.15) is 23.6 Å². The zero-order valence-electron chi connectivity index (χ0n) is 11.9. The van der Waals surface area contributed by atoms with Crippen molar-refractivity contribution < 1.29 is 0 Å². The Labute approximate surface area is 116 Å². The van der Waals surface area contributed by atoms with E-state index in [1.165, 1.54) is 4.68 Å². The van der Waals surface area contributed by atoms with Crippen molar-refractivity contribution in [2.45, 2.75) is 27.3 Å². The second kappa shape index (κ2) is 5.73. The van der Waals surface area contributed by atoms with Gasteiger partial charge in [0.1, 0.15) is 5.82 Å². The van der Waals surface area contributed by atoms with Crippen molar-refractivity contribution in [3.8, 4) is 0 Å². The Morgan fingerprint density at radius 3 is 2.75 bits per heavy atom. The maximum absolute atomic E-state index is 12.1. The Morgan fingerprint density at radius 1 is 1.30 bits per heavy atom. The highest BCUT2D eigenvalue weighted by molar-refractivity contribution is 5.37. The van der Waals surface area contributed by atoms with Crippen molar-refractivity contribution >= 4 is 5.82 Å². The van der Waals surface area contributed by atoms with Crippen LogP contribution in [0, 0.1) is 13.8 Å². The predicted octanol–water partition coefficient (Wildman–Crippen LogP) is 1.03. The van der Waals surface area contributed by atoms with Gasteiger partial charge in [0.25, 0.3) is 11.1 Å². The number of anilines is 1. The van der Waals surface area contributed by atoms with Gasteiger partial charge in [-0.05, 0) is 38.5 Å². The molecule has 0 radical (unpaired) electrons. The van der Waals surface area contributed by atoms with E-state index in [1.807, 2.05) is 19.1 Å². The van der Waals surface area contributed by atoms with E-state index in [2.05, 4.69) is 15.4 Å². The van der Waals surface area contributed by atoms with Gasteiger partial charge in [0.2, 0.25) is 0 Å². The van der Waals surface area contributed by atoms with E-state index >= 15 is 0 Å². The quantitative estimate of drug-likeness (QED) is 0.872. The molecule has 0 unspecified atom stereocenters. The molecule has 20 heavy (non-hydrogen) atoms. The summed E-state index contributed by atoms with van der Waals surface area (Å²) in [5.41, 5.74) is 1.44. The molecule has 0 bridgehead atoms. The van der Waals surface area contributed by atoms with Crippen molar-refractivity contribution in [3.05, 3.63) is 55.7 Å². The third-order valence-corrected chi connectivity index (χ3v) is 3.23. The second-order valence-electron chi connectivity index (χ2n) is 4.66. The summed E-state index contributed by atoms with van der Waals surface area (Å²) in [5.74, 6) is 0.754. The van der Waals surface area contributed by atoms with Crippen LogP contribution >= 0.6 is 0 Å². The van der Waals surface area contributed by atoms with Gasteiger partial charge >= 0.3 is 0 Å². The van der Waals surface area contributed by atoms with Gasteiger partial charge in [0.15, 0.2) is 0 Å². The maximum atomic E-state index is 12.1. The largest absolute Gasteiger partial charge is 0.370 e. The average Bonchev–Trinajstić information content (AvgIpc) is 2.43. The third-order valence-electron chi connectivity index (χ3n) is 3.23. The van der Waals surface area contributed by atoms with E-state index in [9.17, 15) is 9.59 Å². The second-order valence-corrected chi connectivity index (χ2v) is 4.66. The van der Waals surface area contributed by atoms with Crippen molar-refractivity contribution in [1.29, 1.82) is 0 Å². The highest BCUT2D eigenvalue weighted by Crippen LogP contribution is 2.07. The van der Waals surface area contributed by atoms with Crippen molar-refractivity contribution in [3.63, 3.8) is 0 Å². The Morgan fingerprint density at radius 2 is 2.05 bits per heavy atom. The fourth-order valence-corrected chi connectivity index (χ4v) is 1.93. The number of aromatic nitrogens is 3. The summed E-state index contributed by atoms with van der Waals surface area (Å²) in [7, 11) is 0. The van der Waals surface area contributed by atoms with Crippen LogP contribution in [0.25, 0.3) is 0 Å². The van der Waals surface area contributed by atoms with Crippen LogP contribution < -0.4 is 16.4 Å². The van der Waals surface area contributed by atoms with Crippen LogP contribution in [0.15, 0.2) is 27.9 Å². The highest BCUT2D eigenvalue weighted by atomic mass is 16.2. The number of aromatic amines is 1. The van der Waals surface area contributed by atoms with Gasteiger partial charge in [-0.3, -0.25) is 14.7 Å².